The van der Waals surface area contributed by atoms with Gasteiger partial charge in [-0.25, -0.2) is 9.97 Å². The van der Waals surface area contributed by atoms with Gasteiger partial charge in [-0.2, -0.15) is 0 Å². The molecule has 200 valence electrons. The highest BCUT2D eigenvalue weighted by atomic mass is 16.5. The predicted octanol–water partition coefficient (Wildman–Crippen LogP) is 3.21. The van der Waals surface area contributed by atoms with Crippen LogP contribution in [0.2, 0.25) is 0 Å². The molecule has 2 aromatic heterocycles. The molecule has 0 radical (unpaired) electrons. The van der Waals surface area contributed by atoms with Gasteiger partial charge in [0, 0.05) is 43.7 Å². The van der Waals surface area contributed by atoms with Crippen molar-refractivity contribution in [1.29, 1.82) is 0 Å². The Morgan fingerprint density at radius 3 is 2.41 bits per heavy atom. The van der Waals surface area contributed by atoms with Crippen LogP contribution in [0.5, 0.6) is 17.2 Å². The molecule has 1 aromatic carbocycles. The second-order valence-corrected chi connectivity index (χ2v) is 9.98. The van der Waals surface area contributed by atoms with E-state index in [-0.39, 0.29) is 17.4 Å². The summed E-state index contributed by atoms with van der Waals surface area (Å²) < 4.78 is 12.1. The van der Waals surface area contributed by atoms with Crippen LogP contribution in [-0.4, -0.2) is 74.3 Å². The highest BCUT2D eigenvalue weighted by molar-refractivity contribution is 6.04. The van der Waals surface area contributed by atoms with Crippen molar-refractivity contribution in [2.24, 2.45) is 0 Å². The molecular formula is C28H28N6O5. The number of aryl methyl sites for hydroxylation is 1. The highest BCUT2D eigenvalue weighted by Crippen LogP contribution is 2.33. The van der Waals surface area contributed by atoms with E-state index in [1.54, 1.807) is 48.4 Å². The number of ether oxygens (including phenoxy) is 2. The highest BCUT2D eigenvalue weighted by Gasteiger charge is 2.41. The van der Waals surface area contributed by atoms with Crippen molar-refractivity contribution in [2.75, 3.05) is 25.0 Å². The van der Waals surface area contributed by atoms with E-state index in [0.29, 0.717) is 47.8 Å². The standard InChI is InChI=1S/C28H28N6O5/c1-17-14-31-25(16-29-17)32-26(35)18-11-21(38-20-5-6-23(30-15-20)27(36)33-8-2-9-33)13-22(12-18)39-24-7-10-34(28(24)37)19-3-4-19/h5-6,11-16,19,24H,2-4,7-10H2,1H3,(H,31,32,35)/t24-/m0/s1. The van der Waals surface area contributed by atoms with Crippen molar-refractivity contribution in [1.82, 2.24) is 24.8 Å². The maximum atomic E-state index is 13.1. The number of hydrogen-bond acceptors (Lipinski definition) is 8. The monoisotopic (exact) mass is 528 g/mol. The minimum atomic E-state index is -0.617. The summed E-state index contributed by atoms with van der Waals surface area (Å²) in [5.41, 5.74) is 1.33. The van der Waals surface area contributed by atoms with Gasteiger partial charge in [-0.05, 0) is 50.5 Å². The predicted molar refractivity (Wildman–Crippen MR) is 140 cm³/mol. The summed E-state index contributed by atoms with van der Waals surface area (Å²) in [6, 6.07) is 8.36. The van der Waals surface area contributed by atoms with E-state index >= 15 is 0 Å². The Labute approximate surface area is 225 Å². The zero-order valence-corrected chi connectivity index (χ0v) is 21.5. The van der Waals surface area contributed by atoms with Gasteiger partial charge in [0.05, 0.1) is 24.3 Å². The molecule has 1 aliphatic carbocycles. The quantitative estimate of drug-likeness (QED) is 0.472. The summed E-state index contributed by atoms with van der Waals surface area (Å²) in [5.74, 6) is 0.771. The zero-order chi connectivity index (χ0) is 26.9. The van der Waals surface area contributed by atoms with E-state index < -0.39 is 12.0 Å². The van der Waals surface area contributed by atoms with Crippen LogP contribution in [-0.2, 0) is 4.79 Å². The Morgan fingerprint density at radius 1 is 0.923 bits per heavy atom. The third-order valence-corrected chi connectivity index (χ3v) is 6.96. The molecule has 3 fully saturated rings. The van der Waals surface area contributed by atoms with Crippen LogP contribution >= 0.6 is 0 Å². The molecule has 11 heteroatoms. The van der Waals surface area contributed by atoms with E-state index in [4.69, 9.17) is 9.47 Å². The largest absolute Gasteiger partial charge is 0.480 e. The SMILES string of the molecule is Cc1cnc(NC(=O)c2cc(Oc3ccc(C(=O)N4CCC4)nc3)cc(O[C@H]3CCN(C4CC4)C3=O)c2)cn1. The number of carbonyl (C=O) groups excluding carboxylic acids is 3. The summed E-state index contributed by atoms with van der Waals surface area (Å²) in [4.78, 5) is 54.6. The van der Waals surface area contributed by atoms with Crippen molar-refractivity contribution < 1.29 is 23.9 Å². The second-order valence-electron chi connectivity index (χ2n) is 9.98. The molecule has 3 amide bonds. The Hall–Kier alpha value is -4.54. The van der Waals surface area contributed by atoms with Crippen molar-refractivity contribution in [3.63, 3.8) is 0 Å². The fourth-order valence-corrected chi connectivity index (χ4v) is 4.56. The number of nitrogens with zero attached hydrogens (tertiary/aromatic N) is 5. The van der Waals surface area contributed by atoms with Crippen LogP contribution in [0, 0.1) is 6.92 Å². The molecular weight excluding hydrogens is 500 g/mol. The average Bonchev–Trinajstić information content (AvgIpc) is 3.68. The van der Waals surface area contributed by atoms with E-state index in [9.17, 15) is 14.4 Å². The summed E-state index contributed by atoms with van der Waals surface area (Å²) in [6.45, 7) is 3.96. The number of anilines is 1. The summed E-state index contributed by atoms with van der Waals surface area (Å²) in [6.07, 6.45) is 7.53. The summed E-state index contributed by atoms with van der Waals surface area (Å²) in [7, 11) is 0. The molecule has 0 unspecified atom stereocenters. The molecule has 1 N–H and O–H groups in total. The van der Waals surface area contributed by atoms with Crippen molar-refractivity contribution in [2.45, 2.75) is 44.8 Å². The number of amides is 3. The number of nitrogens with one attached hydrogen (secondary N) is 1. The maximum Gasteiger partial charge on any atom is 0.272 e. The average molecular weight is 529 g/mol. The molecule has 11 nitrogen and oxygen atoms in total. The van der Waals surface area contributed by atoms with Crippen molar-refractivity contribution in [3.8, 4) is 17.2 Å². The lowest BCUT2D eigenvalue weighted by atomic mass is 10.1. The third kappa shape index (κ3) is 5.52. The van der Waals surface area contributed by atoms with Crippen LogP contribution in [0.3, 0.4) is 0 Å². The number of carbonyl (C=O) groups is 3. The summed E-state index contributed by atoms with van der Waals surface area (Å²) >= 11 is 0. The van der Waals surface area contributed by atoms with Gasteiger partial charge in [-0.15, -0.1) is 0 Å². The molecule has 3 aliphatic rings. The van der Waals surface area contributed by atoms with Crippen molar-refractivity contribution in [3.05, 3.63) is 65.9 Å². The first kappa shape index (κ1) is 24.8. The molecule has 3 aromatic rings. The lowest BCUT2D eigenvalue weighted by molar-refractivity contribution is -0.133. The Balaban J connectivity index is 1.22. The lowest BCUT2D eigenvalue weighted by Crippen LogP contribution is -2.42. The molecule has 0 spiro atoms. The first-order valence-electron chi connectivity index (χ1n) is 13.1. The topological polar surface area (TPSA) is 127 Å². The van der Waals surface area contributed by atoms with E-state index in [2.05, 4.69) is 20.3 Å². The van der Waals surface area contributed by atoms with Gasteiger partial charge in [-0.1, -0.05) is 0 Å². The molecule has 4 heterocycles. The fourth-order valence-electron chi connectivity index (χ4n) is 4.56. The van der Waals surface area contributed by atoms with Gasteiger partial charge in [-0.3, -0.25) is 19.4 Å². The number of aromatic nitrogens is 3. The zero-order valence-electron chi connectivity index (χ0n) is 21.5. The minimum absolute atomic E-state index is 0.0311. The molecule has 39 heavy (non-hydrogen) atoms. The molecule has 0 bridgehead atoms. The number of hydrogen-bond donors (Lipinski definition) is 1. The van der Waals surface area contributed by atoms with Gasteiger partial charge in [0.2, 0.25) is 0 Å². The molecule has 1 atom stereocenters. The van der Waals surface area contributed by atoms with Crippen LogP contribution in [0.25, 0.3) is 0 Å². The molecule has 2 aliphatic heterocycles. The molecule has 1 saturated carbocycles. The van der Waals surface area contributed by atoms with Gasteiger partial charge in [0.25, 0.3) is 17.7 Å². The fraction of sp³-hybridized carbons (Fsp3) is 0.357. The Morgan fingerprint density at radius 2 is 1.74 bits per heavy atom. The second kappa shape index (κ2) is 10.3. The van der Waals surface area contributed by atoms with E-state index in [1.165, 1.54) is 12.4 Å². The smallest absolute Gasteiger partial charge is 0.272 e. The van der Waals surface area contributed by atoms with Crippen LogP contribution < -0.4 is 14.8 Å². The number of pyridine rings is 1. The van der Waals surface area contributed by atoms with Crippen LogP contribution in [0.1, 0.15) is 52.2 Å². The van der Waals surface area contributed by atoms with Crippen LogP contribution in [0.4, 0.5) is 5.82 Å². The van der Waals surface area contributed by atoms with E-state index in [0.717, 1.165) is 38.0 Å². The normalized spacial score (nSPS) is 18.5. The molecule has 2 saturated heterocycles. The van der Waals surface area contributed by atoms with Gasteiger partial charge >= 0.3 is 0 Å². The third-order valence-electron chi connectivity index (χ3n) is 6.96. The van der Waals surface area contributed by atoms with Gasteiger partial charge in [0.1, 0.15) is 22.9 Å². The minimum Gasteiger partial charge on any atom is -0.480 e. The number of rotatable bonds is 8. The van der Waals surface area contributed by atoms with Crippen molar-refractivity contribution >= 4 is 23.5 Å². The number of likely N-dealkylation sites (tertiary alicyclic amines) is 2. The summed E-state index contributed by atoms with van der Waals surface area (Å²) in [5, 5.41) is 2.72. The first-order valence-corrected chi connectivity index (χ1v) is 13.1. The van der Waals surface area contributed by atoms with E-state index in [1.807, 2.05) is 4.90 Å². The lowest BCUT2D eigenvalue weighted by Gasteiger charge is -2.30. The first-order chi connectivity index (χ1) is 18.9. The molecule has 6 rings (SSSR count). The Bertz CT molecular complexity index is 1400. The van der Waals surface area contributed by atoms with Crippen LogP contribution in [0.15, 0.2) is 48.9 Å². The Kier molecular flexibility index (Phi) is 6.55. The van der Waals surface area contributed by atoms with Gasteiger partial charge < -0.3 is 24.6 Å². The number of benzene rings is 1. The van der Waals surface area contributed by atoms with Gasteiger partial charge in [0.15, 0.2) is 11.9 Å². The maximum absolute atomic E-state index is 13.1.